The van der Waals surface area contributed by atoms with Crippen LogP contribution in [-0.4, -0.2) is 38.0 Å². The van der Waals surface area contributed by atoms with Gasteiger partial charge in [-0.05, 0) is 26.7 Å². The van der Waals surface area contributed by atoms with Gasteiger partial charge in [0.1, 0.15) is 35.3 Å². The summed E-state index contributed by atoms with van der Waals surface area (Å²) in [6, 6.07) is 3.08. The van der Waals surface area contributed by atoms with E-state index in [0.717, 1.165) is 6.07 Å². The molecule has 3 heterocycles. The second-order valence-corrected chi connectivity index (χ2v) is 9.74. The first-order chi connectivity index (χ1) is 18.1. The lowest BCUT2D eigenvalue weighted by Crippen LogP contribution is -2.35. The molecule has 0 spiro atoms. The van der Waals surface area contributed by atoms with E-state index in [-0.39, 0.29) is 17.1 Å². The number of alkyl halides is 3. The molecule has 1 aliphatic rings. The Balaban J connectivity index is 1.70. The molecular formula is C26H27F4N7O. The molecule has 0 amide bonds. The van der Waals surface area contributed by atoms with Gasteiger partial charge in [-0.1, -0.05) is 18.2 Å². The van der Waals surface area contributed by atoms with Gasteiger partial charge >= 0.3 is 0 Å². The highest BCUT2D eigenvalue weighted by atomic mass is 19.3. The average Bonchev–Trinajstić information content (AvgIpc) is 3.55. The standard InChI is InChI=1S/C26H27F4N7O/c1-14(17-6-5-7-18(20(17)28)23(29)30)32-24-19-12-37(26(13-27)8-9-26)25(38)22(21(19)33-15(2)34-24)36(4)16-10-31-35(3)11-16/h5-7,10-12,14,23H,8-9,13H2,1-4H3,(H,32,33,34)/t14-/m1/s1. The Kier molecular flexibility index (Phi) is 6.36. The highest BCUT2D eigenvalue weighted by molar-refractivity contribution is 5.98. The Labute approximate surface area is 215 Å². The predicted molar refractivity (Wildman–Crippen MR) is 136 cm³/mol. The van der Waals surface area contributed by atoms with Crippen LogP contribution < -0.4 is 15.8 Å². The molecule has 1 aliphatic carbocycles. The first kappa shape index (κ1) is 25.7. The second-order valence-electron chi connectivity index (χ2n) is 9.74. The molecule has 1 saturated carbocycles. The summed E-state index contributed by atoms with van der Waals surface area (Å²) in [4.78, 5) is 24.5. The Bertz CT molecular complexity index is 1580. The van der Waals surface area contributed by atoms with Gasteiger partial charge in [0.15, 0.2) is 0 Å². The zero-order valence-electron chi connectivity index (χ0n) is 21.3. The zero-order valence-corrected chi connectivity index (χ0v) is 21.3. The molecule has 0 unspecified atom stereocenters. The molecule has 4 aromatic rings. The molecule has 5 rings (SSSR count). The van der Waals surface area contributed by atoms with Gasteiger partial charge in [0, 0.05) is 32.1 Å². The number of nitrogens with zero attached hydrogens (tertiary/aromatic N) is 6. The summed E-state index contributed by atoms with van der Waals surface area (Å²) >= 11 is 0. The number of rotatable bonds is 8. The van der Waals surface area contributed by atoms with E-state index in [1.807, 2.05) is 0 Å². The summed E-state index contributed by atoms with van der Waals surface area (Å²) < 4.78 is 58.7. The van der Waals surface area contributed by atoms with Crippen molar-refractivity contribution in [2.45, 2.75) is 44.7 Å². The van der Waals surface area contributed by atoms with Gasteiger partial charge in [0.05, 0.1) is 34.4 Å². The van der Waals surface area contributed by atoms with Crippen LogP contribution in [0.4, 0.5) is 34.8 Å². The molecule has 1 atom stereocenters. The molecule has 8 nitrogen and oxygen atoms in total. The summed E-state index contributed by atoms with van der Waals surface area (Å²) in [6.07, 6.45) is 2.91. The normalized spacial score (nSPS) is 15.2. The minimum absolute atomic E-state index is 0.0376. The highest BCUT2D eigenvalue weighted by Gasteiger charge is 2.46. The molecule has 12 heteroatoms. The Morgan fingerprint density at radius 3 is 2.50 bits per heavy atom. The van der Waals surface area contributed by atoms with Crippen LogP contribution in [0.15, 0.2) is 41.6 Å². The van der Waals surface area contributed by atoms with Crippen molar-refractivity contribution in [1.82, 2.24) is 24.3 Å². The molecule has 0 saturated heterocycles. The summed E-state index contributed by atoms with van der Waals surface area (Å²) in [5, 5.41) is 7.71. The van der Waals surface area contributed by atoms with Gasteiger partial charge in [-0.15, -0.1) is 0 Å². The Morgan fingerprint density at radius 2 is 1.89 bits per heavy atom. The van der Waals surface area contributed by atoms with Crippen LogP contribution >= 0.6 is 0 Å². The molecule has 3 aromatic heterocycles. The third-order valence-electron chi connectivity index (χ3n) is 7.08. The number of pyridine rings is 1. The number of hydrogen-bond acceptors (Lipinski definition) is 6. The Morgan fingerprint density at radius 1 is 1.18 bits per heavy atom. The number of aryl methyl sites for hydroxylation is 2. The molecule has 0 aliphatic heterocycles. The smallest absolute Gasteiger partial charge is 0.277 e. The maximum absolute atomic E-state index is 14.9. The van der Waals surface area contributed by atoms with Crippen LogP contribution in [0, 0.1) is 12.7 Å². The van der Waals surface area contributed by atoms with Crippen molar-refractivity contribution >= 4 is 28.1 Å². The lowest BCUT2D eigenvalue weighted by atomic mass is 10.0. The van der Waals surface area contributed by atoms with Gasteiger partial charge in [-0.2, -0.15) is 5.10 Å². The molecule has 1 N–H and O–H groups in total. The van der Waals surface area contributed by atoms with Crippen molar-refractivity contribution in [3.8, 4) is 0 Å². The highest BCUT2D eigenvalue weighted by Crippen LogP contribution is 2.44. The average molecular weight is 530 g/mol. The molecular weight excluding hydrogens is 502 g/mol. The lowest BCUT2D eigenvalue weighted by molar-refractivity contribution is 0.146. The first-order valence-electron chi connectivity index (χ1n) is 12.1. The minimum Gasteiger partial charge on any atom is -0.363 e. The first-order valence-corrected chi connectivity index (χ1v) is 12.1. The third-order valence-corrected chi connectivity index (χ3v) is 7.08. The van der Waals surface area contributed by atoms with E-state index >= 15 is 0 Å². The quantitative estimate of drug-likeness (QED) is 0.312. The summed E-state index contributed by atoms with van der Waals surface area (Å²) in [7, 11) is 3.45. The maximum atomic E-state index is 14.9. The zero-order chi connectivity index (χ0) is 27.4. The van der Waals surface area contributed by atoms with Crippen LogP contribution in [0.5, 0.6) is 0 Å². The van der Waals surface area contributed by atoms with Crippen molar-refractivity contribution in [1.29, 1.82) is 0 Å². The van der Waals surface area contributed by atoms with Gasteiger partial charge in [0.25, 0.3) is 12.0 Å². The van der Waals surface area contributed by atoms with Crippen molar-refractivity contribution in [2.75, 3.05) is 23.9 Å². The van der Waals surface area contributed by atoms with Crippen LogP contribution in [0.3, 0.4) is 0 Å². The van der Waals surface area contributed by atoms with Crippen LogP contribution in [0.25, 0.3) is 10.9 Å². The van der Waals surface area contributed by atoms with Gasteiger partial charge in [0.2, 0.25) is 0 Å². The van der Waals surface area contributed by atoms with Gasteiger partial charge in [-0.3, -0.25) is 9.48 Å². The van der Waals surface area contributed by atoms with E-state index in [0.29, 0.717) is 35.3 Å². The number of nitrogens with one attached hydrogen (secondary N) is 1. The number of halogens is 4. The number of benzene rings is 1. The monoisotopic (exact) mass is 529 g/mol. The van der Waals surface area contributed by atoms with Gasteiger partial charge in [-0.25, -0.2) is 27.5 Å². The fourth-order valence-corrected chi connectivity index (χ4v) is 4.70. The van der Waals surface area contributed by atoms with Crippen LogP contribution in [0.1, 0.15) is 49.2 Å². The molecule has 0 radical (unpaired) electrons. The summed E-state index contributed by atoms with van der Waals surface area (Å²) in [5.74, 6) is -0.398. The van der Waals surface area contributed by atoms with E-state index in [9.17, 15) is 22.4 Å². The van der Waals surface area contributed by atoms with E-state index in [2.05, 4.69) is 20.4 Å². The maximum Gasteiger partial charge on any atom is 0.277 e. The molecule has 1 fully saturated rings. The molecule has 1 aromatic carbocycles. The second kappa shape index (κ2) is 9.41. The predicted octanol–water partition coefficient (Wildman–Crippen LogP) is 5.31. The van der Waals surface area contributed by atoms with Crippen LogP contribution in [0.2, 0.25) is 0 Å². The minimum atomic E-state index is -2.96. The number of aromatic nitrogens is 5. The van der Waals surface area contributed by atoms with Crippen LogP contribution in [-0.2, 0) is 12.6 Å². The van der Waals surface area contributed by atoms with E-state index in [1.54, 1.807) is 49.9 Å². The van der Waals surface area contributed by atoms with Gasteiger partial charge < -0.3 is 14.8 Å². The van der Waals surface area contributed by atoms with Crippen molar-refractivity contribution in [3.63, 3.8) is 0 Å². The number of anilines is 3. The summed E-state index contributed by atoms with van der Waals surface area (Å²) in [6.45, 7) is 2.56. The number of hydrogen-bond donors (Lipinski definition) is 1. The third kappa shape index (κ3) is 4.27. The SMILES string of the molecule is Cc1nc(N[C@H](C)c2cccc(C(F)F)c2F)c2cn(C3(CF)CC3)c(=O)c(N(C)c3cnn(C)c3)c2n1. The van der Waals surface area contributed by atoms with E-state index < -0.39 is 41.6 Å². The van der Waals surface area contributed by atoms with Crippen molar-refractivity contribution in [2.24, 2.45) is 7.05 Å². The summed E-state index contributed by atoms with van der Waals surface area (Å²) in [5.41, 5.74) is -0.867. The van der Waals surface area contributed by atoms with E-state index in [1.165, 1.54) is 22.9 Å². The molecule has 0 bridgehead atoms. The van der Waals surface area contributed by atoms with E-state index in [4.69, 9.17) is 0 Å². The fraction of sp³-hybridized carbons (Fsp3) is 0.385. The van der Waals surface area contributed by atoms with Crippen molar-refractivity contribution in [3.05, 3.63) is 69.9 Å². The molecule has 38 heavy (non-hydrogen) atoms. The largest absolute Gasteiger partial charge is 0.363 e. The van der Waals surface area contributed by atoms with Crippen molar-refractivity contribution < 1.29 is 17.6 Å². The fourth-order valence-electron chi connectivity index (χ4n) is 4.70. The lowest BCUT2D eigenvalue weighted by Gasteiger charge is -2.24. The Hall–Kier alpha value is -3.96. The molecule has 200 valence electrons. The topological polar surface area (TPSA) is 80.9 Å². The number of fused-ring (bicyclic) bond motifs is 1.